The molecular weight excluding hydrogens is 344 g/mol. The normalized spacial score (nSPS) is 15.3. The molecular formula is C20H20N4OS. The van der Waals surface area contributed by atoms with E-state index in [1.807, 2.05) is 29.0 Å². The van der Waals surface area contributed by atoms with Crippen LogP contribution in [0.2, 0.25) is 0 Å². The van der Waals surface area contributed by atoms with Crippen LogP contribution in [-0.2, 0) is 17.9 Å². The van der Waals surface area contributed by atoms with Crippen LogP contribution in [0.5, 0.6) is 0 Å². The van der Waals surface area contributed by atoms with Gasteiger partial charge in [-0.1, -0.05) is 30.3 Å². The van der Waals surface area contributed by atoms with E-state index in [0.29, 0.717) is 11.9 Å². The first kappa shape index (κ1) is 16.8. The van der Waals surface area contributed by atoms with Gasteiger partial charge in [0, 0.05) is 30.8 Å². The van der Waals surface area contributed by atoms with Gasteiger partial charge in [-0.3, -0.25) is 14.8 Å². The Morgan fingerprint density at radius 1 is 1.31 bits per heavy atom. The van der Waals surface area contributed by atoms with Crippen molar-refractivity contribution in [3.8, 4) is 0 Å². The molecule has 1 aromatic carbocycles. The van der Waals surface area contributed by atoms with E-state index in [4.69, 9.17) is 0 Å². The number of anilines is 1. The Balaban J connectivity index is 1.43. The van der Waals surface area contributed by atoms with Gasteiger partial charge in [-0.05, 0) is 41.0 Å². The standard InChI is InChI=1S/C20H20N4OS/c1-14(16-5-3-2-4-6-16)24-11-17-18(12-24)22-23-20(17)21-19(25)8-7-15-9-10-26-13-15/h2-10,13-14H,11-12H2,1H3,(H2,21,22,23,25)/b8-7-. The molecule has 132 valence electrons. The monoisotopic (exact) mass is 364 g/mol. The maximum atomic E-state index is 12.2. The second-order valence-corrected chi connectivity index (χ2v) is 7.17. The number of rotatable bonds is 5. The summed E-state index contributed by atoms with van der Waals surface area (Å²) in [6.07, 6.45) is 3.36. The van der Waals surface area contributed by atoms with E-state index < -0.39 is 0 Å². The van der Waals surface area contributed by atoms with Crippen LogP contribution in [0.4, 0.5) is 5.82 Å². The van der Waals surface area contributed by atoms with Gasteiger partial charge in [0.05, 0.1) is 5.69 Å². The first-order valence-corrected chi connectivity index (χ1v) is 9.51. The number of hydrogen-bond acceptors (Lipinski definition) is 4. The molecule has 3 heterocycles. The summed E-state index contributed by atoms with van der Waals surface area (Å²) in [4.78, 5) is 14.5. The van der Waals surface area contributed by atoms with E-state index in [1.165, 1.54) is 5.56 Å². The van der Waals surface area contributed by atoms with Crippen LogP contribution in [0, 0.1) is 0 Å². The quantitative estimate of drug-likeness (QED) is 0.667. The molecule has 1 atom stereocenters. The fourth-order valence-corrected chi connectivity index (χ4v) is 3.81. The van der Waals surface area contributed by atoms with E-state index in [2.05, 4.69) is 51.6 Å². The van der Waals surface area contributed by atoms with Crippen molar-refractivity contribution in [2.75, 3.05) is 5.32 Å². The fourth-order valence-electron chi connectivity index (χ4n) is 3.18. The number of nitrogens with one attached hydrogen (secondary N) is 2. The van der Waals surface area contributed by atoms with Crippen molar-refractivity contribution in [1.82, 2.24) is 15.1 Å². The number of aromatic nitrogens is 2. The molecule has 2 N–H and O–H groups in total. The minimum Gasteiger partial charge on any atom is -0.307 e. The summed E-state index contributed by atoms with van der Waals surface area (Å²) in [5.74, 6) is 0.542. The molecule has 0 fully saturated rings. The summed E-state index contributed by atoms with van der Waals surface area (Å²) in [5.41, 5.74) is 4.39. The van der Waals surface area contributed by atoms with E-state index in [-0.39, 0.29) is 5.91 Å². The lowest BCUT2D eigenvalue weighted by atomic mass is 10.1. The predicted octanol–water partition coefficient (Wildman–Crippen LogP) is 4.20. The van der Waals surface area contributed by atoms with Crippen LogP contribution in [0.25, 0.3) is 6.08 Å². The van der Waals surface area contributed by atoms with E-state index in [9.17, 15) is 4.79 Å². The number of thiophene rings is 1. The number of benzene rings is 1. The van der Waals surface area contributed by atoms with E-state index in [0.717, 1.165) is 29.9 Å². The fraction of sp³-hybridized carbons (Fsp3) is 0.200. The molecule has 1 aliphatic heterocycles. The third-order valence-electron chi connectivity index (χ3n) is 4.72. The average Bonchev–Trinajstić information content (AvgIpc) is 3.39. The van der Waals surface area contributed by atoms with Gasteiger partial charge < -0.3 is 5.32 Å². The zero-order chi connectivity index (χ0) is 17.9. The third-order valence-corrected chi connectivity index (χ3v) is 5.42. The van der Waals surface area contributed by atoms with Crippen molar-refractivity contribution < 1.29 is 4.79 Å². The molecule has 5 nitrogen and oxygen atoms in total. The molecule has 1 unspecified atom stereocenters. The van der Waals surface area contributed by atoms with Crippen molar-refractivity contribution >= 4 is 29.1 Å². The zero-order valence-corrected chi connectivity index (χ0v) is 15.3. The lowest BCUT2D eigenvalue weighted by Gasteiger charge is -2.24. The van der Waals surface area contributed by atoms with Crippen LogP contribution < -0.4 is 5.32 Å². The first-order valence-electron chi connectivity index (χ1n) is 8.57. The number of H-pyrrole nitrogens is 1. The van der Waals surface area contributed by atoms with Gasteiger partial charge in [0.1, 0.15) is 5.82 Å². The molecule has 1 aliphatic rings. The maximum absolute atomic E-state index is 12.2. The first-order chi connectivity index (χ1) is 12.7. The molecule has 0 saturated carbocycles. The Morgan fingerprint density at radius 3 is 2.92 bits per heavy atom. The van der Waals surface area contributed by atoms with Gasteiger partial charge in [0.15, 0.2) is 0 Å². The van der Waals surface area contributed by atoms with E-state index in [1.54, 1.807) is 17.4 Å². The second kappa shape index (κ2) is 7.27. The van der Waals surface area contributed by atoms with Crippen molar-refractivity contribution in [3.63, 3.8) is 0 Å². The van der Waals surface area contributed by atoms with Gasteiger partial charge in [-0.15, -0.1) is 0 Å². The summed E-state index contributed by atoms with van der Waals surface area (Å²) < 4.78 is 0. The lowest BCUT2D eigenvalue weighted by molar-refractivity contribution is -0.111. The Hall–Kier alpha value is -2.70. The summed E-state index contributed by atoms with van der Waals surface area (Å²) in [6, 6.07) is 12.7. The van der Waals surface area contributed by atoms with Crippen LogP contribution >= 0.6 is 11.3 Å². The summed E-state index contributed by atoms with van der Waals surface area (Å²) in [5, 5.41) is 14.2. The molecule has 0 saturated heterocycles. The SMILES string of the molecule is CC(c1ccccc1)N1Cc2n[nH]c(NC(=O)/C=C\c3ccsc3)c2C1. The predicted molar refractivity (Wildman–Crippen MR) is 105 cm³/mol. The summed E-state index contributed by atoms with van der Waals surface area (Å²) >= 11 is 1.61. The Morgan fingerprint density at radius 2 is 2.15 bits per heavy atom. The van der Waals surface area contributed by atoms with Gasteiger partial charge in [-0.25, -0.2) is 0 Å². The van der Waals surface area contributed by atoms with Crippen LogP contribution in [0.3, 0.4) is 0 Å². The Kier molecular flexibility index (Phi) is 4.69. The Bertz CT molecular complexity index is 915. The highest BCUT2D eigenvalue weighted by Gasteiger charge is 2.29. The minimum atomic E-state index is -0.155. The van der Waals surface area contributed by atoms with Crippen LogP contribution in [-0.4, -0.2) is 21.0 Å². The molecule has 0 aliphatic carbocycles. The molecule has 2 aromatic heterocycles. The molecule has 26 heavy (non-hydrogen) atoms. The Labute approximate surface area is 156 Å². The van der Waals surface area contributed by atoms with Crippen molar-refractivity contribution in [2.45, 2.75) is 26.1 Å². The van der Waals surface area contributed by atoms with Gasteiger partial charge in [0.25, 0.3) is 0 Å². The lowest BCUT2D eigenvalue weighted by Crippen LogP contribution is -2.21. The van der Waals surface area contributed by atoms with Gasteiger partial charge in [0.2, 0.25) is 5.91 Å². The largest absolute Gasteiger partial charge is 0.307 e. The van der Waals surface area contributed by atoms with Crippen molar-refractivity contribution in [3.05, 3.63) is 75.6 Å². The van der Waals surface area contributed by atoms with E-state index >= 15 is 0 Å². The van der Waals surface area contributed by atoms with Crippen LogP contribution in [0.15, 0.2) is 53.2 Å². The molecule has 6 heteroatoms. The highest BCUT2D eigenvalue weighted by molar-refractivity contribution is 7.08. The summed E-state index contributed by atoms with van der Waals surface area (Å²) in [6.45, 7) is 3.75. The zero-order valence-electron chi connectivity index (χ0n) is 14.5. The van der Waals surface area contributed by atoms with Crippen molar-refractivity contribution in [1.29, 1.82) is 0 Å². The minimum absolute atomic E-state index is 0.155. The maximum Gasteiger partial charge on any atom is 0.249 e. The molecule has 4 rings (SSSR count). The number of carbonyl (C=O) groups excluding carboxylic acids is 1. The number of fused-ring (bicyclic) bond motifs is 1. The van der Waals surface area contributed by atoms with Gasteiger partial charge >= 0.3 is 0 Å². The molecule has 0 radical (unpaired) electrons. The molecule has 1 amide bonds. The van der Waals surface area contributed by atoms with Gasteiger partial charge in [-0.2, -0.15) is 16.4 Å². The topological polar surface area (TPSA) is 61.0 Å². The van der Waals surface area contributed by atoms with Crippen LogP contribution in [0.1, 0.15) is 35.3 Å². The average molecular weight is 364 g/mol. The molecule has 3 aromatic rings. The van der Waals surface area contributed by atoms with Crippen molar-refractivity contribution in [2.24, 2.45) is 0 Å². The number of hydrogen-bond donors (Lipinski definition) is 2. The molecule has 0 bridgehead atoms. The second-order valence-electron chi connectivity index (χ2n) is 6.39. The number of amides is 1. The number of nitrogens with zero attached hydrogens (tertiary/aromatic N) is 2. The number of aromatic amines is 1. The smallest absolute Gasteiger partial charge is 0.249 e. The number of carbonyl (C=O) groups is 1. The summed E-state index contributed by atoms with van der Waals surface area (Å²) in [7, 11) is 0. The highest BCUT2D eigenvalue weighted by Crippen LogP contribution is 2.33. The third kappa shape index (κ3) is 3.47. The highest BCUT2D eigenvalue weighted by atomic mass is 32.1. The molecule has 0 spiro atoms.